The van der Waals surface area contributed by atoms with Crippen LogP contribution >= 0.6 is 0 Å². The third kappa shape index (κ3) is 2.87. The zero-order valence-electron chi connectivity index (χ0n) is 10.9. The number of fused-ring (bicyclic) bond motifs is 1. The number of benzene rings is 1. The average molecular weight is 336 g/mol. The quantitative estimate of drug-likeness (QED) is 0.623. The summed E-state index contributed by atoms with van der Waals surface area (Å²) in [7, 11) is -6.32. The van der Waals surface area contributed by atoms with Gasteiger partial charge in [0.05, 0.1) is 27.9 Å². The number of sulfone groups is 2. The first-order valence-electron chi connectivity index (χ1n) is 5.70. The molecule has 0 unspecified atom stereocenters. The Morgan fingerprint density at radius 2 is 1.81 bits per heavy atom. The molecule has 21 heavy (non-hydrogen) atoms. The molecule has 1 N–H and O–H groups in total. The van der Waals surface area contributed by atoms with E-state index in [9.17, 15) is 21.6 Å². The Labute approximate surface area is 121 Å². The highest BCUT2D eigenvalue weighted by molar-refractivity contribution is 7.98. The highest BCUT2D eigenvalue weighted by Crippen LogP contribution is 2.36. The van der Waals surface area contributed by atoms with Crippen molar-refractivity contribution in [1.29, 1.82) is 0 Å². The van der Waals surface area contributed by atoms with Gasteiger partial charge in [-0.15, -0.1) is 0 Å². The number of hydrogen-bond acceptors (Lipinski definition) is 7. The molecule has 0 amide bonds. The van der Waals surface area contributed by atoms with Crippen molar-refractivity contribution in [3.8, 4) is 5.75 Å². The normalized spacial score (nSPS) is 18.7. The van der Waals surface area contributed by atoms with Crippen molar-refractivity contribution in [1.82, 2.24) is 0 Å². The summed E-state index contributed by atoms with van der Waals surface area (Å²) in [6.45, 7) is -0.291. The minimum atomic E-state index is -3.86. The SMILES string of the molecule is COCc1c(OC(=O)O)ccc2c1S(=O)(=O)CCS2(=O)=O. The van der Waals surface area contributed by atoms with Crippen molar-refractivity contribution >= 4 is 25.8 Å². The van der Waals surface area contributed by atoms with Gasteiger partial charge in [-0.2, -0.15) is 0 Å². The zero-order valence-corrected chi connectivity index (χ0v) is 12.5. The van der Waals surface area contributed by atoms with Gasteiger partial charge in [-0.25, -0.2) is 21.6 Å². The van der Waals surface area contributed by atoms with Crippen molar-refractivity contribution in [3.05, 3.63) is 17.7 Å². The lowest BCUT2D eigenvalue weighted by molar-refractivity contribution is 0.140. The van der Waals surface area contributed by atoms with Crippen LogP contribution in [0.15, 0.2) is 21.9 Å². The van der Waals surface area contributed by atoms with Gasteiger partial charge in [-0.1, -0.05) is 0 Å². The Bertz CT molecular complexity index is 792. The molecule has 1 aliphatic heterocycles. The third-order valence-corrected chi connectivity index (χ3v) is 6.90. The maximum Gasteiger partial charge on any atom is 0.511 e. The highest BCUT2D eigenvalue weighted by atomic mass is 32.2. The lowest BCUT2D eigenvalue weighted by Gasteiger charge is -2.21. The molecule has 0 aliphatic carbocycles. The number of ether oxygens (including phenoxy) is 2. The fourth-order valence-corrected chi connectivity index (χ4v) is 6.61. The topological polar surface area (TPSA) is 124 Å². The monoisotopic (exact) mass is 336 g/mol. The molecule has 8 nitrogen and oxygen atoms in total. The van der Waals surface area contributed by atoms with Crippen molar-refractivity contribution in [3.63, 3.8) is 0 Å². The summed E-state index contributed by atoms with van der Waals surface area (Å²) in [6.07, 6.45) is -1.64. The smallest absolute Gasteiger partial charge is 0.449 e. The summed E-state index contributed by atoms with van der Waals surface area (Å²) in [6, 6.07) is 2.15. The van der Waals surface area contributed by atoms with E-state index in [1.165, 1.54) is 7.11 Å². The van der Waals surface area contributed by atoms with Crippen LogP contribution in [-0.4, -0.2) is 46.7 Å². The predicted octanol–water partition coefficient (Wildman–Crippen LogP) is 0.451. The molecule has 2 rings (SSSR count). The molecule has 1 aromatic rings. The number of hydrogen-bond donors (Lipinski definition) is 1. The van der Waals surface area contributed by atoms with Gasteiger partial charge >= 0.3 is 6.16 Å². The summed E-state index contributed by atoms with van der Waals surface area (Å²) >= 11 is 0. The first-order chi connectivity index (χ1) is 9.69. The molecule has 0 saturated heterocycles. The van der Waals surface area contributed by atoms with Crippen LogP contribution < -0.4 is 4.74 Å². The van der Waals surface area contributed by atoms with E-state index in [1.807, 2.05) is 0 Å². The molecule has 1 aromatic carbocycles. The Hall–Kier alpha value is -1.65. The van der Waals surface area contributed by atoms with Gasteiger partial charge in [-0.3, -0.25) is 0 Å². The first-order valence-corrected chi connectivity index (χ1v) is 9.00. The Balaban J connectivity index is 2.82. The van der Waals surface area contributed by atoms with Crippen LogP contribution in [0.2, 0.25) is 0 Å². The summed E-state index contributed by atoms with van der Waals surface area (Å²) < 4.78 is 57.7. The van der Waals surface area contributed by atoms with E-state index in [0.29, 0.717) is 0 Å². The van der Waals surface area contributed by atoms with E-state index < -0.39 is 42.2 Å². The van der Waals surface area contributed by atoms with Crippen LogP contribution in [0.25, 0.3) is 0 Å². The van der Waals surface area contributed by atoms with Crippen LogP contribution in [0.3, 0.4) is 0 Å². The molecular formula is C11H12O8S2. The second-order valence-corrected chi connectivity index (χ2v) is 8.43. The lowest BCUT2D eigenvalue weighted by Crippen LogP contribution is -2.27. The standard InChI is InChI=1S/C11H12O8S2/c1-18-6-7-8(19-11(12)13)2-3-9-10(7)21(16,17)5-4-20(9,14)15/h2-3H,4-6H2,1H3,(H,12,13). The van der Waals surface area contributed by atoms with Crippen molar-refractivity contribution in [2.24, 2.45) is 0 Å². The largest absolute Gasteiger partial charge is 0.511 e. The number of carbonyl (C=O) groups is 1. The zero-order chi connectivity index (χ0) is 15.8. The van der Waals surface area contributed by atoms with Crippen LogP contribution in [0.1, 0.15) is 5.56 Å². The van der Waals surface area contributed by atoms with Gasteiger partial charge in [0.2, 0.25) is 0 Å². The van der Waals surface area contributed by atoms with Gasteiger partial charge < -0.3 is 14.6 Å². The van der Waals surface area contributed by atoms with Gasteiger partial charge in [0, 0.05) is 12.7 Å². The Kier molecular flexibility index (Phi) is 3.95. The molecule has 0 spiro atoms. The summed E-state index contributed by atoms with van der Waals surface area (Å²) in [5.41, 5.74) is -0.110. The van der Waals surface area contributed by atoms with Gasteiger partial charge in [0.1, 0.15) is 5.75 Å². The molecule has 1 aliphatic rings. The summed E-state index contributed by atoms with van der Waals surface area (Å²) in [5.74, 6) is -1.33. The van der Waals surface area contributed by atoms with Gasteiger partial charge in [0.15, 0.2) is 19.7 Å². The average Bonchev–Trinajstić information content (AvgIpc) is 2.36. The van der Waals surface area contributed by atoms with Gasteiger partial charge in [-0.05, 0) is 12.1 Å². The molecule has 0 atom stereocenters. The second kappa shape index (κ2) is 5.28. The van der Waals surface area contributed by atoms with E-state index in [0.717, 1.165) is 12.1 Å². The molecule has 0 radical (unpaired) electrons. The predicted molar refractivity (Wildman–Crippen MR) is 69.9 cm³/mol. The third-order valence-electron chi connectivity index (χ3n) is 2.93. The van der Waals surface area contributed by atoms with Crippen molar-refractivity contribution in [2.75, 3.05) is 18.6 Å². The molecule has 1 heterocycles. The van der Waals surface area contributed by atoms with Crippen molar-refractivity contribution in [2.45, 2.75) is 16.4 Å². The first kappa shape index (κ1) is 15.7. The number of methoxy groups -OCH3 is 1. The van der Waals surface area contributed by atoms with E-state index in [2.05, 4.69) is 4.74 Å². The highest BCUT2D eigenvalue weighted by Gasteiger charge is 2.37. The molecule has 0 fully saturated rings. The minimum Gasteiger partial charge on any atom is -0.449 e. The summed E-state index contributed by atoms with van der Waals surface area (Å²) in [5, 5.41) is 8.67. The number of rotatable bonds is 3. The maximum absolute atomic E-state index is 12.2. The lowest BCUT2D eigenvalue weighted by atomic mass is 10.2. The maximum atomic E-state index is 12.2. The molecule has 10 heteroatoms. The van der Waals surface area contributed by atoms with Crippen LogP contribution in [0, 0.1) is 0 Å². The van der Waals surface area contributed by atoms with Crippen LogP contribution in [0.5, 0.6) is 5.75 Å². The van der Waals surface area contributed by atoms with E-state index >= 15 is 0 Å². The molecule has 0 saturated carbocycles. The fraction of sp³-hybridized carbons (Fsp3) is 0.364. The Morgan fingerprint density at radius 3 is 2.38 bits per heavy atom. The second-order valence-electron chi connectivity index (χ2n) is 4.31. The molecule has 0 aromatic heterocycles. The van der Waals surface area contributed by atoms with E-state index in [4.69, 9.17) is 9.84 Å². The number of carboxylic acid groups (broad SMARTS) is 1. The minimum absolute atomic E-state index is 0.110. The van der Waals surface area contributed by atoms with E-state index in [1.54, 1.807) is 0 Å². The van der Waals surface area contributed by atoms with Crippen molar-refractivity contribution < 1.29 is 36.2 Å². The fourth-order valence-electron chi connectivity index (χ4n) is 2.08. The molecule has 0 bridgehead atoms. The van der Waals surface area contributed by atoms with E-state index in [-0.39, 0.29) is 22.8 Å². The molecule has 116 valence electrons. The summed E-state index contributed by atoms with van der Waals surface area (Å²) in [4.78, 5) is 9.87. The molecular weight excluding hydrogens is 324 g/mol. The Morgan fingerprint density at radius 1 is 1.19 bits per heavy atom. The van der Waals surface area contributed by atoms with Crippen LogP contribution in [-0.2, 0) is 31.0 Å². The van der Waals surface area contributed by atoms with Crippen LogP contribution in [0.4, 0.5) is 4.79 Å². The van der Waals surface area contributed by atoms with Gasteiger partial charge in [0.25, 0.3) is 0 Å².